The predicted molar refractivity (Wildman–Crippen MR) is 65.6 cm³/mol. The van der Waals surface area contributed by atoms with Crippen molar-refractivity contribution in [1.82, 2.24) is 0 Å². The second-order valence-corrected chi connectivity index (χ2v) is 5.97. The van der Waals surface area contributed by atoms with E-state index in [0.717, 1.165) is 0 Å². The summed E-state index contributed by atoms with van der Waals surface area (Å²) in [6.07, 6.45) is 0. The molecule has 0 amide bonds. The highest BCUT2D eigenvalue weighted by atomic mass is 127. The minimum atomic E-state index is 0.225. The van der Waals surface area contributed by atoms with E-state index >= 15 is 0 Å². The standard InChI is InChI=1S/C10H12BrI/c1-10(2,3)8-5-4-7(12)6-9(8)11/h4-6H,1-3H3. The van der Waals surface area contributed by atoms with Gasteiger partial charge in [-0.2, -0.15) is 0 Å². The number of rotatable bonds is 0. The Hall–Kier alpha value is 0.430. The monoisotopic (exact) mass is 338 g/mol. The van der Waals surface area contributed by atoms with Crippen molar-refractivity contribution < 1.29 is 0 Å². The second kappa shape index (κ2) is 3.66. The lowest BCUT2D eigenvalue weighted by atomic mass is 9.87. The third kappa shape index (κ3) is 2.46. The Bertz CT molecular complexity index is 286. The fraction of sp³-hybridized carbons (Fsp3) is 0.400. The molecule has 2 heteroatoms. The van der Waals surface area contributed by atoms with Crippen LogP contribution >= 0.6 is 38.5 Å². The zero-order valence-electron chi connectivity index (χ0n) is 7.49. The predicted octanol–water partition coefficient (Wildman–Crippen LogP) is 4.35. The van der Waals surface area contributed by atoms with E-state index < -0.39 is 0 Å². The summed E-state index contributed by atoms with van der Waals surface area (Å²) >= 11 is 5.90. The maximum atomic E-state index is 3.58. The topological polar surface area (TPSA) is 0 Å². The zero-order valence-corrected chi connectivity index (χ0v) is 11.2. The molecule has 0 bridgehead atoms. The van der Waals surface area contributed by atoms with Gasteiger partial charge >= 0.3 is 0 Å². The summed E-state index contributed by atoms with van der Waals surface area (Å²) in [4.78, 5) is 0. The fourth-order valence-electron chi connectivity index (χ4n) is 1.10. The van der Waals surface area contributed by atoms with Crippen LogP contribution in [0.15, 0.2) is 22.7 Å². The van der Waals surface area contributed by atoms with Crippen LogP contribution in [0.2, 0.25) is 0 Å². The molecule has 0 heterocycles. The summed E-state index contributed by atoms with van der Waals surface area (Å²) in [5, 5.41) is 0. The van der Waals surface area contributed by atoms with Crippen molar-refractivity contribution >= 4 is 38.5 Å². The van der Waals surface area contributed by atoms with Crippen molar-refractivity contribution in [2.45, 2.75) is 26.2 Å². The Morgan fingerprint density at radius 3 is 2.25 bits per heavy atom. The van der Waals surface area contributed by atoms with Crippen LogP contribution in [0.25, 0.3) is 0 Å². The third-order valence-corrected chi connectivity index (χ3v) is 3.07. The largest absolute Gasteiger partial charge is 0.0563 e. The summed E-state index contributed by atoms with van der Waals surface area (Å²) < 4.78 is 2.48. The molecule has 12 heavy (non-hydrogen) atoms. The molecule has 0 fully saturated rings. The summed E-state index contributed by atoms with van der Waals surface area (Å²) in [5.41, 5.74) is 1.59. The van der Waals surface area contributed by atoms with Crippen molar-refractivity contribution in [2.24, 2.45) is 0 Å². The van der Waals surface area contributed by atoms with Gasteiger partial charge in [-0.05, 0) is 45.7 Å². The Kier molecular flexibility index (Phi) is 3.21. The van der Waals surface area contributed by atoms with Gasteiger partial charge in [0.05, 0.1) is 0 Å². The van der Waals surface area contributed by atoms with Crippen LogP contribution in [0.4, 0.5) is 0 Å². The first kappa shape index (κ1) is 10.5. The highest BCUT2D eigenvalue weighted by Crippen LogP contribution is 2.30. The zero-order chi connectivity index (χ0) is 9.35. The van der Waals surface area contributed by atoms with Gasteiger partial charge in [-0.1, -0.05) is 42.8 Å². The molecule has 0 nitrogen and oxygen atoms in total. The van der Waals surface area contributed by atoms with E-state index in [4.69, 9.17) is 0 Å². The van der Waals surface area contributed by atoms with E-state index in [1.165, 1.54) is 13.6 Å². The number of benzene rings is 1. The molecule has 0 spiro atoms. The molecule has 1 aromatic rings. The maximum Gasteiger partial charge on any atom is 0.0223 e. The highest BCUT2D eigenvalue weighted by molar-refractivity contribution is 14.1. The average molecular weight is 339 g/mol. The average Bonchev–Trinajstić information content (AvgIpc) is 1.83. The van der Waals surface area contributed by atoms with Gasteiger partial charge < -0.3 is 0 Å². The Balaban J connectivity index is 3.19. The van der Waals surface area contributed by atoms with Crippen LogP contribution in [0.3, 0.4) is 0 Å². The van der Waals surface area contributed by atoms with Crippen molar-refractivity contribution in [3.8, 4) is 0 Å². The lowest BCUT2D eigenvalue weighted by Gasteiger charge is -2.20. The molecule has 0 radical (unpaired) electrons. The third-order valence-electron chi connectivity index (χ3n) is 1.74. The Morgan fingerprint density at radius 2 is 1.83 bits per heavy atom. The van der Waals surface area contributed by atoms with E-state index in [1.807, 2.05) is 0 Å². The normalized spacial score (nSPS) is 11.8. The van der Waals surface area contributed by atoms with E-state index in [0.29, 0.717) is 0 Å². The molecule has 0 saturated heterocycles. The molecule has 0 aromatic heterocycles. The Morgan fingerprint density at radius 1 is 1.25 bits per heavy atom. The van der Waals surface area contributed by atoms with Gasteiger partial charge in [-0.15, -0.1) is 0 Å². The van der Waals surface area contributed by atoms with Crippen molar-refractivity contribution in [2.75, 3.05) is 0 Å². The number of hydrogen-bond donors (Lipinski definition) is 0. The van der Waals surface area contributed by atoms with Crippen LogP contribution in [-0.2, 0) is 5.41 Å². The molecule has 0 aliphatic heterocycles. The lowest BCUT2D eigenvalue weighted by Crippen LogP contribution is -2.11. The second-order valence-electron chi connectivity index (χ2n) is 3.87. The molecule has 1 aromatic carbocycles. The molecule has 0 unspecified atom stereocenters. The van der Waals surface area contributed by atoms with Gasteiger partial charge in [0, 0.05) is 8.04 Å². The summed E-state index contributed by atoms with van der Waals surface area (Å²) in [6.45, 7) is 6.67. The van der Waals surface area contributed by atoms with E-state index in [9.17, 15) is 0 Å². The molecule has 0 atom stereocenters. The first-order valence-electron chi connectivity index (χ1n) is 3.87. The molecule has 0 N–H and O–H groups in total. The molecule has 0 aliphatic carbocycles. The Labute approximate surface area is 96.0 Å². The summed E-state index contributed by atoms with van der Waals surface area (Å²) in [6, 6.07) is 6.49. The highest BCUT2D eigenvalue weighted by Gasteiger charge is 2.16. The van der Waals surface area contributed by atoms with Gasteiger partial charge in [-0.25, -0.2) is 0 Å². The number of hydrogen-bond acceptors (Lipinski definition) is 0. The van der Waals surface area contributed by atoms with E-state index in [2.05, 4.69) is 77.5 Å². The fourth-order valence-corrected chi connectivity index (χ4v) is 2.99. The lowest BCUT2D eigenvalue weighted by molar-refractivity contribution is 0.587. The first-order chi connectivity index (χ1) is 5.41. The first-order valence-corrected chi connectivity index (χ1v) is 5.74. The van der Waals surface area contributed by atoms with Gasteiger partial charge in [0.15, 0.2) is 0 Å². The van der Waals surface area contributed by atoms with Gasteiger partial charge in [-0.3, -0.25) is 0 Å². The summed E-state index contributed by atoms with van der Waals surface area (Å²) in [7, 11) is 0. The van der Waals surface area contributed by atoms with Gasteiger partial charge in [0.2, 0.25) is 0 Å². The van der Waals surface area contributed by atoms with Crippen molar-refractivity contribution in [3.05, 3.63) is 31.8 Å². The van der Waals surface area contributed by atoms with E-state index in [1.54, 1.807) is 0 Å². The minimum absolute atomic E-state index is 0.225. The smallest absolute Gasteiger partial charge is 0.0223 e. The van der Waals surface area contributed by atoms with Crippen LogP contribution in [0.1, 0.15) is 26.3 Å². The quantitative estimate of drug-likeness (QED) is 0.617. The molecule has 0 saturated carbocycles. The van der Waals surface area contributed by atoms with Crippen molar-refractivity contribution in [1.29, 1.82) is 0 Å². The minimum Gasteiger partial charge on any atom is -0.0563 e. The van der Waals surface area contributed by atoms with E-state index in [-0.39, 0.29) is 5.41 Å². The van der Waals surface area contributed by atoms with Gasteiger partial charge in [0.25, 0.3) is 0 Å². The molecule has 0 aliphatic rings. The SMILES string of the molecule is CC(C)(C)c1ccc(I)cc1Br. The van der Waals surface area contributed by atoms with Crippen molar-refractivity contribution in [3.63, 3.8) is 0 Å². The molecular formula is C10H12BrI. The van der Waals surface area contributed by atoms with Crippen LogP contribution in [0, 0.1) is 3.57 Å². The summed E-state index contributed by atoms with van der Waals surface area (Å²) in [5.74, 6) is 0. The molecular weight excluding hydrogens is 327 g/mol. The van der Waals surface area contributed by atoms with Crippen LogP contribution in [0.5, 0.6) is 0 Å². The van der Waals surface area contributed by atoms with Crippen LogP contribution in [-0.4, -0.2) is 0 Å². The molecule has 66 valence electrons. The van der Waals surface area contributed by atoms with Gasteiger partial charge in [0.1, 0.15) is 0 Å². The molecule has 1 rings (SSSR count). The maximum absolute atomic E-state index is 3.58. The number of halogens is 2. The van der Waals surface area contributed by atoms with Crippen LogP contribution < -0.4 is 0 Å².